The third kappa shape index (κ3) is 5.68. The lowest BCUT2D eigenvalue weighted by Crippen LogP contribution is -2.38. The van der Waals surface area contributed by atoms with E-state index in [4.69, 9.17) is 9.79 Å². The Labute approximate surface area is 144 Å². The molecule has 1 aliphatic heterocycles. The van der Waals surface area contributed by atoms with Crippen LogP contribution >= 0.6 is 7.60 Å². The van der Waals surface area contributed by atoms with Crippen molar-refractivity contribution in [2.45, 2.75) is 37.6 Å². The van der Waals surface area contributed by atoms with Crippen LogP contribution in [-0.4, -0.2) is 53.1 Å². The summed E-state index contributed by atoms with van der Waals surface area (Å²) in [4.78, 5) is 20.2. The molecule has 3 N–H and O–H groups in total. The van der Waals surface area contributed by atoms with Gasteiger partial charge < -0.3 is 20.0 Å². The van der Waals surface area contributed by atoms with E-state index in [-0.39, 0.29) is 6.16 Å². The Morgan fingerprint density at radius 1 is 1.17 bits per heavy atom. The van der Waals surface area contributed by atoms with Crippen LogP contribution in [0, 0.1) is 5.92 Å². The second kappa shape index (κ2) is 8.11. The highest BCUT2D eigenvalue weighted by Crippen LogP contribution is 2.40. The number of likely N-dealkylation sites (tertiary alicyclic amines) is 1. The van der Waals surface area contributed by atoms with Gasteiger partial charge in [0, 0.05) is 12.0 Å². The van der Waals surface area contributed by atoms with Crippen molar-refractivity contribution >= 4 is 7.60 Å². The van der Waals surface area contributed by atoms with Crippen molar-refractivity contribution in [1.29, 1.82) is 0 Å². The summed E-state index contributed by atoms with van der Waals surface area (Å²) in [5, 5.41) is 3.73. The number of piperidine rings is 1. The summed E-state index contributed by atoms with van der Waals surface area (Å²) in [5.74, 6) is 1.43. The summed E-state index contributed by atoms with van der Waals surface area (Å²) in [5.41, 5.74) is 1.45. The first kappa shape index (κ1) is 18.1. The largest absolute Gasteiger partial charge is 0.325 e. The van der Waals surface area contributed by atoms with Gasteiger partial charge >= 0.3 is 7.60 Å². The van der Waals surface area contributed by atoms with E-state index >= 15 is 0 Å². The second-order valence-corrected chi connectivity index (χ2v) is 9.07. The smallest absolute Gasteiger partial charge is 0.324 e. The maximum Gasteiger partial charge on any atom is 0.325 e. The summed E-state index contributed by atoms with van der Waals surface area (Å²) in [6.45, 7) is 4.02. The van der Waals surface area contributed by atoms with Crippen LogP contribution in [0.2, 0.25) is 0 Å². The first-order valence-electron chi connectivity index (χ1n) is 9.06. The molecule has 0 spiro atoms. The zero-order chi connectivity index (χ0) is 17.0. The molecule has 1 aromatic rings. The van der Waals surface area contributed by atoms with E-state index in [0.717, 1.165) is 32.1 Å². The van der Waals surface area contributed by atoms with Gasteiger partial charge in [0.2, 0.25) is 0 Å². The first-order valence-corrected chi connectivity index (χ1v) is 10.9. The summed E-state index contributed by atoms with van der Waals surface area (Å²) < 4.78 is 10.9. The molecule has 0 bridgehead atoms. The molecule has 0 radical (unpaired) electrons. The molecule has 1 saturated heterocycles. The Hall–Kier alpha value is -0.710. The van der Waals surface area contributed by atoms with Gasteiger partial charge in [0.1, 0.15) is 0 Å². The lowest BCUT2D eigenvalue weighted by molar-refractivity contribution is 0.182. The molecule has 1 aromatic carbocycles. The minimum Gasteiger partial charge on any atom is -0.324 e. The van der Waals surface area contributed by atoms with E-state index < -0.39 is 7.60 Å². The number of rotatable bonds is 8. The minimum atomic E-state index is -3.83. The molecule has 2 fully saturated rings. The van der Waals surface area contributed by atoms with Crippen LogP contribution in [-0.2, 0) is 4.57 Å². The fourth-order valence-electron chi connectivity index (χ4n) is 3.72. The summed E-state index contributed by atoms with van der Waals surface area (Å²) in [6, 6.07) is 11.4. The fraction of sp³-hybridized carbons (Fsp3) is 0.667. The van der Waals surface area contributed by atoms with Gasteiger partial charge in [0.05, 0.1) is 6.16 Å². The zero-order valence-corrected chi connectivity index (χ0v) is 15.1. The molecule has 2 atom stereocenters. The Bertz CT molecular complexity index is 555. The van der Waals surface area contributed by atoms with Crippen molar-refractivity contribution in [3.8, 4) is 0 Å². The van der Waals surface area contributed by atoms with Crippen molar-refractivity contribution in [3.05, 3.63) is 35.9 Å². The summed E-state index contributed by atoms with van der Waals surface area (Å²) >= 11 is 0. The number of hydrogen-bond donors (Lipinski definition) is 3. The van der Waals surface area contributed by atoms with Crippen molar-refractivity contribution in [2.75, 3.05) is 32.3 Å². The predicted molar refractivity (Wildman–Crippen MR) is 96.3 cm³/mol. The highest BCUT2D eigenvalue weighted by atomic mass is 31.2. The molecule has 6 heteroatoms. The Kier molecular flexibility index (Phi) is 6.12. The molecule has 1 aliphatic carbocycles. The number of benzene rings is 1. The highest BCUT2D eigenvalue weighted by Gasteiger charge is 2.38. The molecule has 0 amide bonds. The van der Waals surface area contributed by atoms with Gasteiger partial charge in [-0.2, -0.15) is 0 Å². The van der Waals surface area contributed by atoms with Gasteiger partial charge in [-0.05, 0) is 63.3 Å². The standard InChI is InChI=1S/C18H29N2O3P/c21-24(22,23)12-4-9-20-10-7-15(8-11-20)14-19-18-13-17(18)16-5-2-1-3-6-16/h1-3,5-6,15,17-19H,4,7-14H2,(H2,21,22,23)/t17-,18+/m0/s1. The predicted octanol–water partition coefficient (Wildman–Crippen LogP) is 2.41. The first-order chi connectivity index (χ1) is 11.5. The average Bonchev–Trinajstić information content (AvgIpc) is 3.33. The third-order valence-corrected chi connectivity index (χ3v) is 6.22. The molecule has 134 valence electrons. The monoisotopic (exact) mass is 352 g/mol. The molecule has 3 rings (SSSR count). The third-order valence-electron chi connectivity index (χ3n) is 5.32. The molecule has 1 saturated carbocycles. The Morgan fingerprint density at radius 3 is 2.54 bits per heavy atom. The van der Waals surface area contributed by atoms with Crippen LogP contribution in [0.15, 0.2) is 30.3 Å². The van der Waals surface area contributed by atoms with E-state index in [2.05, 4.69) is 40.5 Å². The van der Waals surface area contributed by atoms with Crippen LogP contribution in [0.1, 0.15) is 37.2 Å². The van der Waals surface area contributed by atoms with Gasteiger partial charge in [-0.15, -0.1) is 0 Å². The Balaban J connectivity index is 1.29. The van der Waals surface area contributed by atoms with Crippen LogP contribution < -0.4 is 5.32 Å². The average molecular weight is 352 g/mol. The zero-order valence-electron chi connectivity index (χ0n) is 14.2. The molecular formula is C18H29N2O3P. The maximum atomic E-state index is 10.9. The van der Waals surface area contributed by atoms with Crippen molar-refractivity contribution < 1.29 is 14.4 Å². The molecule has 24 heavy (non-hydrogen) atoms. The quantitative estimate of drug-likeness (QED) is 0.627. The van der Waals surface area contributed by atoms with Gasteiger partial charge in [0.15, 0.2) is 0 Å². The van der Waals surface area contributed by atoms with Gasteiger partial charge in [-0.1, -0.05) is 30.3 Å². The van der Waals surface area contributed by atoms with Crippen molar-refractivity contribution in [3.63, 3.8) is 0 Å². The highest BCUT2D eigenvalue weighted by molar-refractivity contribution is 7.51. The van der Waals surface area contributed by atoms with E-state index in [1.54, 1.807) is 0 Å². The van der Waals surface area contributed by atoms with Crippen LogP contribution in [0.5, 0.6) is 0 Å². The van der Waals surface area contributed by atoms with E-state index in [9.17, 15) is 4.57 Å². The minimum absolute atomic E-state index is 0.0110. The van der Waals surface area contributed by atoms with Crippen molar-refractivity contribution in [1.82, 2.24) is 10.2 Å². The van der Waals surface area contributed by atoms with Crippen LogP contribution in [0.4, 0.5) is 0 Å². The molecule has 2 aliphatic rings. The number of nitrogens with one attached hydrogen (secondary N) is 1. The van der Waals surface area contributed by atoms with E-state index in [1.165, 1.54) is 24.8 Å². The molecule has 0 unspecified atom stereocenters. The van der Waals surface area contributed by atoms with Gasteiger partial charge in [-0.25, -0.2) is 0 Å². The van der Waals surface area contributed by atoms with E-state index in [1.807, 2.05) is 0 Å². The molecule has 1 heterocycles. The summed E-state index contributed by atoms with van der Waals surface area (Å²) in [7, 11) is -3.83. The van der Waals surface area contributed by atoms with Crippen LogP contribution in [0.25, 0.3) is 0 Å². The SMILES string of the molecule is O=P(O)(O)CCCN1CCC(CN[C@@H]2C[C@H]2c2ccccc2)CC1. The molecule has 5 nitrogen and oxygen atoms in total. The lowest BCUT2D eigenvalue weighted by atomic mass is 9.96. The normalized spacial score (nSPS) is 25.8. The second-order valence-electron chi connectivity index (χ2n) is 7.29. The fourth-order valence-corrected chi connectivity index (χ4v) is 4.28. The number of nitrogens with zero attached hydrogens (tertiary/aromatic N) is 1. The van der Waals surface area contributed by atoms with Crippen LogP contribution in [0.3, 0.4) is 0 Å². The van der Waals surface area contributed by atoms with Gasteiger partial charge in [-0.3, -0.25) is 4.57 Å². The van der Waals surface area contributed by atoms with Crippen molar-refractivity contribution in [2.24, 2.45) is 5.92 Å². The maximum absolute atomic E-state index is 10.9. The summed E-state index contributed by atoms with van der Waals surface area (Å²) in [6.07, 6.45) is 4.23. The lowest BCUT2D eigenvalue weighted by Gasteiger charge is -2.32. The topological polar surface area (TPSA) is 72.8 Å². The Morgan fingerprint density at radius 2 is 1.88 bits per heavy atom. The van der Waals surface area contributed by atoms with E-state index in [0.29, 0.717) is 18.4 Å². The number of hydrogen-bond acceptors (Lipinski definition) is 3. The molecular weight excluding hydrogens is 323 g/mol. The molecule has 0 aromatic heterocycles. The van der Waals surface area contributed by atoms with Gasteiger partial charge in [0.25, 0.3) is 0 Å².